The summed E-state index contributed by atoms with van der Waals surface area (Å²) in [5.74, 6) is -3.44. The number of hydrogen-bond acceptors (Lipinski definition) is 4. The van der Waals surface area contributed by atoms with Crippen molar-refractivity contribution in [3.8, 4) is 0 Å². The Morgan fingerprint density at radius 3 is 2.34 bits per heavy atom. The smallest absolute Gasteiger partial charge is 0.406 e. The largest absolute Gasteiger partial charge is 0.503 e. The monoisotopic (exact) mass is 416 g/mol. The lowest BCUT2D eigenvalue weighted by Crippen LogP contribution is -2.43. The van der Waals surface area contributed by atoms with Crippen molar-refractivity contribution in [3.05, 3.63) is 47.0 Å². The Kier molecular flexibility index (Phi) is 5.57. The first-order valence-electron chi connectivity index (χ1n) is 9.06. The summed E-state index contributed by atoms with van der Waals surface area (Å²) in [5.41, 5.74) is -1.00. The molecule has 3 rings (SSSR count). The first kappa shape index (κ1) is 21.1. The molecule has 1 saturated carbocycles. The van der Waals surface area contributed by atoms with E-state index in [0.717, 1.165) is 0 Å². The van der Waals surface area contributed by atoms with Crippen LogP contribution in [0.2, 0.25) is 0 Å². The van der Waals surface area contributed by atoms with Gasteiger partial charge >= 0.3 is 6.18 Å². The van der Waals surface area contributed by atoms with Crippen molar-refractivity contribution >= 4 is 11.8 Å². The van der Waals surface area contributed by atoms with Gasteiger partial charge in [0.25, 0.3) is 11.8 Å². The van der Waals surface area contributed by atoms with Crippen molar-refractivity contribution in [1.29, 1.82) is 0 Å². The maximum Gasteiger partial charge on any atom is 0.406 e. The minimum absolute atomic E-state index is 0.285. The number of benzene rings is 1. The standard InChI is InChI=1S/C19H20F4N2O4/c20-12-3-1-11(2-4-12)18(29)7-5-13(6-8-18)24-16(27)14-9-25(10-19(21,22)23)17(28)15(14)26/h1-4,13,26,29H,5-10H2,(H,24,27)/t13-,18+. The van der Waals surface area contributed by atoms with Gasteiger partial charge in [-0.3, -0.25) is 9.59 Å². The fourth-order valence-corrected chi connectivity index (χ4v) is 3.70. The molecular weight excluding hydrogens is 396 g/mol. The first-order valence-corrected chi connectivity index (χ1v) is 9.06. The van der Waals surface area contributed by atoms with Crippen LogP contribution in [0.15, 0.2) is 35.6 Å². The number of nitrogens with one attached hydrogen (secondary N) is 1. The number of carbonyl (C=O) groups excluding carboxylic acids is 2. The van der Waals surface area contributed by atoms with Gasteiger partial charge in [-0.25, -0.2) is 4.39 Å². The van der Waals surface area contributed by atoms with Gasteiger partial charge in [0.2, 0.25) is 0 Å². The zero-order valence-corrected chi connectivity index (χ0v) is 15.3. The molecule has 158 valence electrons. The Morgan fingerprint density at radius 2 is 1.79 bits per heavy atom. The molecule has 0 bridgehead atoms. The van der Waals surface area contributed by atoms with E-state index in [1.165, 1.54) is 24.3 Å². The summed E-state index contributed by atoms with van der Waals surface area (Å²) in [6.07, 6.45) is -3.33. The van der Waals surface area contributed by atoms with E-state index in [-0.39, 0.29) is 18.9 Å². The van der Waals surface area contributed by atoms with E-state index in [0.29, 0.717) is 23.3 Å². The molecule has 6 nitrogen and oxygen atoms in total. The highest BCUT2D eigenvalue weighted by atomic mass is 19.4. The van der Waals surface area contributed by atoms with Crippen LogP contribution in [0.4, 0.5) is 17.6 Å². The quantitative estimate of drug-likeness (QED) is 0.657. The summed E-state index contributed by atoms with van der Waals surface area (Å²) in [6, 6.07) is 5.11. The molecule has 29 heavy (non-hydrogen) atoms. The predicted molar refractivity (Wildman–Crippen MR) is 93.0 cm³/mol. The third-order valence-electron chi connectivity index (χ3n) is 5.30. The zero-order valence-electron chi connectivity index (χ0n) is 15.3. The van der Waals surface area contributed by atoms with Crippen molar-refractivity contribution in [2.45, 2.75) is 43.5 Å². The summed E-state index contributed by atoms with van der Waals surface area (Å²) in [7, 11) is 0. The lowest BCUT2D eigenvalue weighted by atomic mass is 9.77. The van der Waals surface area contributed by atoms with Crippen molar-refractivity contribution in [1.82, 2.24) is 10.2 Å². The Labute approximate surface area is 163 Å². The number of alkyl halides is 3. The van der Waals surface area contributed by atoms with Gasteiger partial charge in [0, 0.05) is 6.04 Å². The molecule has 2 amide bonds. The Bertz CT molecular complexity index is 828. The molecule has 0 aromatic heterocycles. The summed E-state index contributed by atoms with van der Waals surface area (Å²) in [5, 5.41) is 23.1. The number of halogens is 4. The lowest BCUT2D eigenvalue weighted by molar-refractivity contribution is -0.157. The van der Waals surface area contributed by atoms with E-state index in [2.05, 4.69) is 5.32 Å². The van der Waals surface area contributed by atoms with Gasteiger partial charge < -0.3 is 20.4 Å². The van der Waals surface area contributed by atoms with Crippen LogP contribution in [0.3, 0.4) is 0 Å². The average Bonchev–Trinajstić information content (AvgIpc) is 2.91. The Morgan fingerprint density at radius 1 is 1.21 bits per heavy atom. The molecule has 0 unspecified atom stereocenters. The maximum absolute atomic E-state index is 13.1. The molecule has 0 spiro atoms. The molecule has 0 atom stereocenters. The van der Waals surface area contributed by atoms with Crippen molar-refractivity contribution < 1.29 is 37.4 Å². The van der Waals surface area contributed by atoms with E-state index in [4.69, 9.17) is 0 Å². The molecule has 1 aliphatic heterocycles. The van der Waals surface area contributed by atoms with Crippen LogP contribution in [0.25, 0.3) is 0 Å². The van der Waals surface area contributed by atoms with E-state index in [1.807, 2.05) is 0 Å². The second-order valence-corrected chi connectivity index (χ2v) is 7.39. The fourth-order valence-electron chi connectivity index (χ4n) is 3.70. The SMILES string of the molecule is O=C(N[C@H]1CC[C@](O)(c2ccc(F)cc2)CC1)C1=C(O)C(=O)N(CC(F)(F)F)C1. The second-order valence-electron chi connectivity index (χ2n) is 7.39. The van der Waals surface area contributed by atoms with Gasteiger partial charge in [0.05, 0.1) is 17.7 Å². The molecule has 0 radical (unpaired) electrons. The lowest BCUT2D eigenvalue weighted by Gasteiger charge is -2.36. The molecule has 10 heteroatoms. The minimum Gasteiger partial charge on any atom is -0.503 e. The summed E-state index contributed by atoms with van der Waals surface area (Å²) >= 11 is 0. The molecule has 1 aromatic carbocycles. The highest BCUT2D eigenvalue weighted by molar-refractivity contribution is 6.07. The number of nitrogens with zero attached hydrogens (tertiary/aromatic N) is 1. The summed E-state index contributed by atoms with van der Waals surface area (Å²) < 4.78 is 50.6. The van der Waals surface area contributed by atoms with Gasteiger partial charge in [-0.1, -0.05) is 12.1 Å². The number of amides is 2. The van der Waals surface area contributed by atoms with Gasteiger partial charge in [-0.15, -0.1) is 0 Å². The van der Waals surface area contributed by atoms with Crippen molar-refractivity contribution in [3.63, 3.8) is 0 Å². The normalized spacial score (nSPS) is 25.5. The third-order valence-corrected chi connectivity index (χ3v) is 5.30. The van der Waals surface area contributed by atoms with E-state index in [9.17, 15) is 37.4 Å². The highest BCUT2D eigenvalue weighted by Crippen LogP contribution is 2.37. The number of rotatable bonds is 4. The third kappa shape index (κ3) is 4.69. The van der Waals surface area contributed by atoms with Gasteiger partial charge in [-0.2, -0.15) is 13.2 Å². The minimum atomic E-state index is -4.64. The average molecular weight is 416 g/mol. The van der Waals surface area contributed by atoms with Crippen LogP contribution >= 0.6 is 0 Å². The molecule has 0 saturated heterocycles. The molecule has 3 N–H and O–H groups in total. The van der Waals surface area contributed by atoms with Crippen LogP contribution in [-0.4, -0.2) is 52.2 Å². The topological polar surface area (TPSA) is 89.9 Å². The fraction of sp³-hybridized carbons (Fsp3) is 0.474. The second kappa shape index (κ2) is 7.66. The van der Waals surface area contributed by atoms with Crippen LogP contribution in [0.1, 0.15) is 31.2 Å². The zero-order chi connectivity index (χ0) is 21.4. The summed E-state index contributed by atoms with van der Waals surface area (Å²) in [6.45, 7) is -2.18. The van der Waals surface area contributed by atoms with Crippen LogP contribution in [-0.2, 0) is 15.2 Å². The molecule has 1 aromatic rings. The van der Waals surface area contributed by atoms with Gasteiger partial charge in [0.15, 0.2) is 5.76 Å². The van der Waals surface area contributed by atoms with Crippen LogP contribution < -0.4 is 5.32 Å². The first-order chi connectivity index (χ1) is 13.5. The van der Waals surface area contributed by atoms with Crippen molar-refractivity contribution in [2.24, 2.45) is 0 Å². The van der Waals surface area contributed by atoms with Crippen molar-refractivity contribution in [2.75, 3.05) is 13.1 Å². The molecular formula is C19H20F4N2O4. The number of aliphatic hydroxyl groups is 2. The predicted octanol–water partition coefficient (Wildman–Crippen LogP) is 2.29. The Hall–Kier alpha value is -2.62. The van der Waals surface area contributed by atoms with Crippen LogP contribution in [0, 0.1) is 5.82 Å². The molecule has 1 heterocycles. The van der Waals surface area contributed by atoms with E-state index in [1.54, 1.807) is 0 Å². The number of hydrogen-bond donors (Lipinski definition) is 3. The van der Waals surface area contributed by atoms with Gasteiger partial charge in [-0.05, 0) is 43.4 Å². The van der Waals surface area contributed by atoms with E-state index < -0.39 is 53.8 Å². The van der Waals surface area contributed by atoms with E-state index >= 15 is 0 Å². The Balaban J connectivity index is 1.58. The van der Waals surface area contributed by atoms with Crippen LogP contribution in [0.5, 0.6) is 0 Å². The highest BCUT2D eigenvalue weighted by Gasteiger charge is 2.41. The number of carbonyl (C=O) groups is 2. The summed E-state index contributed by atoms with van der Waals surface area (Å²) in [4.78, 5) is 24.5. The number of aliphatic hydroxyl groups excluding tert-OH is 1. The maximum atomic E-state index is 13.1. The molecule has 2 aliphatic rings. The van der Waals surface area contributed by atoms with Gasteiger partial charge in [0.1, 0.15) is 12.4 Å². The molecule has 1 aliphatic carbocycles. The molecule has 1 fully saturated rings.